The first-order valence-corrected chi connectivity index (χ1v) is 8.96. The number of nitrogens with zero attached hydrogens (tertiary/aromatic N) is 4. The number of guanidine groups is 1. The summed E-state index contributed by atoms with van der Waals surface area (Å²) in [6.45, 7) is 7.32. The van der Waals surface area contributed by atoms with Crippen molar-refractivity contribution < 1.29 is 4.79 Å². The highest BCUT2D eigenvalue weighted by Gasteiger charge is 2.04. The van der Waals surface area contributed by atoms with E-state index in [9.17, 15) is 4.79 Å². The molecule has 140 valence electrons. The molecule has 3 N–H and O–H groups in total. The average molecular weight is 357 g/mol. The molecule has 0 bridgehead atoms. The van der Waals surface area contributed by atoms with Gasteiger partial charge in [-0.05, 0) is 19.1 Å². The number of rotatable bonds is 9. The van der Waals surface area contributed by atoms with E-state index in [-0.39, 0.29) is 5.91 Å². The third kappa shape index (κ3) is 6.19. The van der Waals surface area contributed by atoms with Crippen LogP contribution in [0.25, 0.3) is 0 Å². The van der Waals surface area contributed by atoms with Gasteiger partial charge in [0.15, 0.2) is 5.96 Å². The average Bonchev–Trinajstić information content (AvgIpc) is 3.13. The van der Waals surface area contributed by atoms with Crippen LogP contribution in [-0.2, 0) is 13.0 Å². The molecule has 0 saturated carbocycles. The molecule has 1 aromatic carbocycles. The van der Waals surface area contributed by atoms with E-state index in [0.717, 1.165) is 31.3 Å². The van der Waals surface area contributed by atoms with Gasteiger partial charge in [0.05, 0.1) is 6.54 Å². The molecule has 8 heteroatoms. The van der Waals surface area contributed by atoms with E-state index in [2.05, 4.69) is 38.1 Å². The van der Waals surface area contributed by atoms with Crippen molar-refractivity contribution in [3.63, 3.8) is 0 Å². The van der Waals surface area contributed by atoms with Gasteiger partial charge >= 0.3 is 0 Å². The molecule has 1 aromatic heterocycles. The van der Waals surface area contributed by atoms with Crippen LogP contribution in [0.2, 0.25) is 0 Å². The second-order valence-electron chi connectivity index (χ2n) is 5.60. The summed E-state index contributed by atoms with van der Waals surface area (Å²) in [6.07, 6.45) is 2.60. The lowest BCUT2D eigenvalue weighted by molar-refractivity contribution is 0.0955. The zero-order valence-electron chi connectivity index (χ0n) is 15.4. The maximum Gasteiger partial charge on any atom is 0.251 e. The Kier molecular flexibility index (Phi) is 8.11. The Bertz CT molecular complexity index is 697. The van der Waals surface area contributed by atoms with Crippen LogP contribution in [-0.4, -0.2) is 52.8 Å². The molecule has 0 spiro atoms. The van der Waals surface area contributed by atoms with Gasteiger partial charge in [-0.3, -0.25) is 9.79 Å². The smallest absolute Gasteiger partial charge is 0.251 e. The van der Waals surface area contributed by atoms with Crippen molar-refractivity contribution in [2.75, 3.05) is 26.2 Å². The van der Waals surface area contributed by atoms with Gasteiger partial charge in [0.2, 0.25) is 0 Å². The van der Waals surface area contributed by atoms with Crippen molar-refractivity contribution in [3.8, 4) is 0 Å². The number of benzene rings is 1. The number of carbonyl (C=O) groups excluding carboxylic acids is 1. The number of aliphatic imine (C=N–C) groups is 1. The van der Waals surface area contributed by atoms with E-state index in [1.54, 1.807) is 18.5 Å². The van der Waals surface area contributed by atoms with E-state index >= 15 is 0 Å². The summed E-state index contributed by atoms with van der Waals surface area (Å²) in [4.78, 5) is 16.5. The predicted octanol–water partition coefficient (Wildman–Crippen LogP) is 0.826. The van der Waals surface area contributed by atoms with Crippen molar-refractivity contribution in [2.24, 2.45) is 4.99 Å². The lowest BCUT2D eigenvalue weighted by Gasteiger charge is -2.12. The highest BCUT2D eigenvalue weighted by Crippen LogP contribution is 1.97. The van der Waals surface area contributed by atoms with Gasteiger partial charge in [-0.2, -0.15) is 0 Å². The molecular weight excluding hydrogens is 330 g/mol. The number of hydrogen-bond acceptors (Lipinski definition) is 4. The van der Waals surface area contributed by atoms with Gasteiger partial charge in [-0.1, -0.05) is 25.1 Å². The van der Waals surface area contributed by atoms with Crippen molar-refractivity contribution in [3.05, 3.63) is 48.0 Å². The number of nitrogens with one attached hydrogen (secondary N) is 3. The van der Waals surface area contributed by atoms with Crippen LogP contribution in [0.3, 0.4) is 0 Å². The van der Waals surface area contributed by atoms with Crippen LogP contribution in [0, 0.1) is 0 Å². The maximum atomic E-state index is 12.0. The van der Waals surface area contributed by atoms with Crippen molar-refractivity contribution in [1.82, 2.24) is 30.7 Å². The second kappa shape index (κ2) is 10.9. The normalized spacial score (nSPS) is 11.2. The first-order chi connectivity index (χ1) is 12.7. The molecule has 1 heterocycles. The zero-order valence-corrected chi connectivity index (χ0v) is 15.4. The summed E-state index contributed by atoms with van der Waals surface area (Å²) in [5.41, 5.74) is 0.655. The van der Waals surface area contributed by atoms with Gasteiger partial charge in [-0.25, -0.2) is 0 Å². The van der Waals surface area contributed by atoms with E-state index in [0.29, 0.717) is 25.2 Å². The molecule has 0 saturated heterocycles. The van der Waals surface area contributed by atoms with Crippen molar-refractivity contribution in [2.45, 2.75) is 26.8 Å². The lowest BCUT2D eigenvalue weighted by Crippen LogP contribution is -2.39. The van der Waals surface area contributed by atoms with Crippen LogP contribution in [0.4, 0.5) is 0 Å². The molecule has 0 radical (unpaired) electrons. The monoisotopic (exact) mass is 357 g/mol. The van der Waals surface area contributed by atoms with E-state index in [1.807, 2.05) is 29.7 Å². The van der Waals surface area contributed by atoms with Gasteiger partial charge in [0, 0.05) is 38.2 Å². The highest BCUT2D eigenvalue weighted by molar-refractivity contribution is 5.94. The topological polar surface area (TPSA) is 96.2 Å². The van der Waals surface area contributed by atoms with E-state index in [1.165, 1.54) is 0 Å². The molecule has 2 rings (SSSR count). The predicted molar refractivity (Wildman–Crippen MR) is 102 cm³/mol. The third-order valence-corrected chi connectivity index (χ3v) is 3.70. The van der Waals surface area contributed by atoms with Gasteiger partial charge in [0.1, 0.15) is 12.2 Å². The van der Waals surface area contributed by atoms with Crippen LogP contribution in [0.15, 0.2) is 41.7 Å². The fourth-order valence-corrected chi connectivity index (χ4v) is 2.40. The summed E-state index contributed by atoms with van der Waals surface area (Å²) >= 11 is 0. The van der Waals surface area contributed by atoms with Crippen LogP contribution in [0.1, 0.15) is 30.0 Å². The van der Waals surface area contributed by atoms with Gasteiger partial charge in [-0.15, -0.1) is 10.2 Å². The number of amides is 1. The quantitative estimate of drug-likeness (QED) is 0.351. The van der Waals surface area contributed by atoms with Crippen molar-refractivity contribution >= 4 is 11.9 Å². The Morgan fingerprint density at radius 1 is 1.12 bits per heavy atom. The van der Waals surface area contributed by atoms with Crippen LogP contribution in [0.5, 0.6) is 0 Å². The molecule has 0 aliphatic heterocycles. The minimum atomic E-state index is -0.0848. The first-order valence-electron chi connectivity index (χ1n) is 8.96. The molecule has 1 amide bonds. The summed E-state index contributed by atoms with van der Waals surface area (Å²) in [7, 11) is 0. The second-order valence-corrected chi connectivity index (χ2v) is 5.60. The minimum absolute atomic E-state index is 0.0848. The van der Waals surface area contributed by atoms with Crippen LogP contribution < -0.4 is 16.0 Å². The zero-order chi connectivity index (χ0) is 18.6. The molecule has 0 unspecified atom stereocenters. The Morgan fingerprint density at radius 3 is 2.65 bits per heavy atom. The summed E-state index contributed by atoms with van der Waals surface area (Å²) in [5, 5.41) is 17.3. The molecule has 0 aliphatic rings. The van der Waals surface area contributed by atoms with Crippen molar-refractivity contribution in [1.29, 1.82) is 0 Å². The molecular formula is C18H27N7O. The van der Waals surface area contributed by atoms with Gasteiger partial charge in [0.25, 0.3) is 5.91 Å². The Hall–Kier alpha value is -2.90. The lowest BCUT2D eigenvalue weighted by atomic mass is 10.2. The number of carbonyl (C=O) groups is 1. The van der Waals surface area contributed by atoms with E-state index in [4.69, 9.17) is 0 Å². The number of aryl methyl sites for hydroxylation is 1. The third-order valence-electron chi connectivity index (χ3n) is 3.70. The number of hydrogen-bond donors (Lipinski definition) is 3. The van der Waals surface area contributed by atoms with Crippen LogP contribution >= 0.6 is 0 Å². The standard InChI is InChI=1S/C18H27N7O/c1-3-16-24-23-14-25(16)13-12-22-18(19-4-2)21-11-10-20-17(26)15-8-6-5-7-9-15/h5-9,14H,3-4,10-13H2,1-2H3,(H,20,26)(H2,19,21,22). The van der Waals surface area contributed by atoms with E-state index < -0.39 is 0 Å². The van der Waals surface area contributed by atoms with Gasteiger partial charge < -0.3 is 20.5 Å². The Labute approximate surface area is 154 Å². The highest BCUT2D eigenvalue weighted by atomic mass is 16.1. The Balaban J connectivity index is 1.74. The first kappa shape index (κ1) is 19.4. The fraction of sp³-hybridized carbons (Fsp3) is 0.444. The molecule has 8 nitrogen and oxygen atoms in total. The summed E-state index contributed by atoms with van der Waals surface area (Å²) in [6, 6.07) is 9.16. The SMILES string of the molecule is CCNC(=NCCNC(=O)c1ccccc1)NCCn1cnnc1CC. The molecule has 2 aromatic rings. The fourth-order valence-electron chi connectivity index (χ4n) is 2.40. The summed E-state index contributed by atoms with van der Waals surface area (Å²) < 4.78 is 2.02. The molecule has 0 aliphatic carbocycles. The summed E-state index contributed by atoms with van der Waals surface area (Å²) in [5.74, 6) is 1.61. The Morgan fingerprint density at radius 2 is 1.92 bits per heavy atom. The molecule has 26 heavy (non-hydrogen) atoms. The number of aromatic nitrogens is 3. The molecule has 0 atom stereocenters. The maximum absolute atomic E-state index is 12.0. The molecule has 0 fully saturated rings. The largest absolute Gasteiger partial charge is 0.357 e. The minimum Gasteiger partial charge on any atom is -0.357 e.